The van der Waals surface area contributed by atoms with Crippen LogP contribution >= 0.6 is 11.1 Å². The van der Waals surface area contributed by atoms with Crippen molar-refractivity contribution >= 4 is 19.2 Å². The summed E-state index contributed by atoms with van der Waals surface area (Å²) in [5.41, 5.74) is 0. The quantitative estimate of drug-likeness (QED) is 0.133. The summed E-state index contributed by atoms with van der Waals surface area (Å²) >= 11 is 6.58. The highest BCUT2D eigenvalue weighted by atomic mass is 35.6. The second kappa shape index (κ2) is 19.6. The van der Waals surface area contributed by atoms with Crippen LogP contribution in [0.3, 0.4) is 0 Å². The molecule has 0 bridgehead atoms. The molecule has 0 nitrogen and oxygen atoms in total. The van der Waals surface area contributed by atoms with Crippen LogP contribution in [0.1, 0.15) is 117 Å². The van der Waals surface area contributed by atoms with Gasteiger partial charge in [-0.05, 0) is 12.1 Å². The molecule has 0 aliphatic heterocycles. The van der Waals surface area contributed by atoms with Gasteiger partial charge in [0.2, 0.25) is 0 Å². The van der Waals surface area contributed by atoms with Crippen molar-refractivity contribution in [1.29, 1.82) is 0 Å². The van der Waals surface area contributed by atoms with Gasteiger partial charge in [0.25, 0.3) is 0 Å². The van der Waals surface area contributed by atoms with Gasteiger partial charge < -0.3 is 0 Å². The van der Waals surface area contributed by atoms with E-state index in [9.17, 15) is 0 Å². The predicted molar refractivity (Wildman–Crippen MR) is 108 cm³/mol. The molecule has 0 aromatic rings. The molecule has 0 fully saturated rings. The lowest BCUT2D eigenvalue weighted by molar-refractivity contribution is 0.581. The summed E-state index contributed by atoms with van der Waals surface area (Å²) in [6.45, 7) is 4.58. The van der Waals surface area contributed by atoms with Gasteiger partial charge in [-0.3, -0.25) is 0 Å². The highest BCUT2D eigenvalue weighted by Crippen LogP contribution is 2.17. The van der Waals surface area contributed by atoms with E-state index in [-0.39, 0.29) is 0 Å². The van der Waals surface area contributed by atoms with Gasteiger partial charge in [0.05, 0.1) is 0 Å². The summed E-state index contributed by atoms with van der Waals surface area (Å²) in [6, 6.07) is 2.76. The molecule has 22 heavy (non-hydrogen) atoms. The Kier molecular flexibility index (Phi) is 20.0. The Morgan fingerprint density at radius 3 is 1.05 bits per heavy atom. The molecule has 0 aliphatic carbocycles. The Morgan fingerprint density at radius 2 is 0.727 bits per heavy atom. The van der Waals surface area contributed by atoms with E-state index in [1.807, 2.05) is 0 Å². The second-order valence-corrected chi connectivity index (χ2v) is 11.3. The molecule has 0 aromatic carbocycles. The Balaban J connectivity index is 3.11. The molecule has 134 valence electrons. The number of hydrogen-bond donors (Lipinski definition) is 0. The van der Waals surface area contributed by atoms with E-state index < -0.39 is 8.11 Å². The summed E-state index contributed by atoms with van der Waals surface area (Å²) in [5.74, 6) is 0. The lowest BCUT2D eigenvalue weighted by atomic mass is 10.1. The number of unbranched alkanes of at least 4 members (excludes halogenated alkanes) is 14. The first-order valence-electron chi connectivity index (χ1n) is 10.4. The minimum atomic E-state index is -0.870. The van der Waals surface area contributed by atoms with Crippen LogP contribution in [0.25, 0.3) is 0 Å². The van der Waals surface area contributed by atoms with Crippen LogP contribution in [0.15, 0.2) is 0 Å². The topological polar surface area (TPSA) is 0 Å². The molecular weight excluding hydrogens is 304 g/mol. The lowest BCUT2D eigenvalue weighted by Gasteiger charge is -2.07. The van der Waals surface area contributed by atoms with Crippen LogP contribution in [-0.2, 0) is 0 Å². The monoisotopic (exact) mass is 346 g/mol. The van der Waals surface area contributed by atoms with Crippen molar-refractivity contribution in [3.05, 3.63) is 0 Å². The molecule has 0 heterocycles. The lowest BCUT2D eigenvalue weighted by Crippen LogP contribution is -2.02. The summed E-state index contributed by atoms with van der Waals surface area (Å²) in [4.78, 5) is 0. The molecule has 2 heteroatoms. The Morgan fingerprint density at radius 1 is 0.455 bits per heavy atom. The minimum Gasteiger partial charge on any atom is -0.172 e. The summed E-state index contributed by atoms with van der Waals surface area (Å²) in [7, 11) is -0.870. The fourth-order valence-electron chi connectivity index (χ4n) is 3.14. The van der Waals surface area contributed by atoms with Gasteiger partial charge in [-0.1, -0.05) is 117 Å². The second-order valence-electron chi connectivity index (χ2n) is 7.12. The molecule has 0 saturated carbocycles. The van der Waals surface area contributed by atoms with Gasteiger partial charge in [0.15, 0.2) is 0 Å². The van der Waals surface area contributed by atoms with Gasteiger partial charge in [0.1, 0.15) is 8.11 Å². The van der Waals surface area contributed by atoms with E-state index in [0.29, 0.717) is 0 Å². The number of rotatable bonds is 18. The van der Waals surface area contributed by atoms with E-state index in [2.05, 4.69) is 13.8 Å². The molecular formula is C20H43ClSi. The zero-order chi connectivity index (χ0) is 16.3. The third-order valence-electron chi connectivity index (χ3n) is 4.74. The first kappa shape index (κ1) is 22.5. The van der Waals surface area contributed by atoms with Crippen molar-refractivity contribution in [3.63, 3.8) is 0 Å². The maximum atomic E-state index is 6.58. The smallest absolute Gasteiger partial charge is 0.141 e. The predicted octanol–water partition coefficient (Wildman–Crippen LogP) is 8.23. The van der Waals surface area contributed by atoms with E-state index in [1.54, 1.807) is 0 Å². The third kappa shape index (κ3) is 18.6. The summed E-state index contributed by atoms with van der Waals surface area (Å²) in [5, 5.41) is 0. The highest BCUT2D eigenvalue weighted by molar-refractivity contribution is 7.06. The Hall–Kier alpha value is 0.507. The third-order valence-corrected chi connectivity index (χ3v) is 8.12. The molecule has 0 unspecified atom stereocenters. The summed E-state index contributed by atoms with van der Waals surface area (Å²) in [6.07, 6.45) is 22.8. The number of hydrogen-bond acceptors (Lipinski definition) is 0. The van der Waals surface area contributed by atoms with Crippen LogP contribution in [0.2, 0.25) is 12.1 Å². The van der Waals surface area contributed by atoms with Crippen LogP contribution in [0.5, 0.6) is 0 Å². The van der Waals surface area contributed by atoms with Crippen LogP contribution in [0.4, 0.5) is 0 Å². The SMILES string of the molecule is CCCCCCCCCC[SiH](Cl)CCCCCCCCCC. The van der Waals surface area contributed by atoms with Crippen molar-refractivity contribution < 1.29 is 0 Å². The molecule has 0 atom stereocenters. The van der Waals surface area contributed by atoms with E-state index in [1.165, 1.54) is 115 Å². The van der Waals surface area contributed by atoms with Crippen LogP contribution in [-0.4, -0.2) is 8.11 Å². The van der Waals surface area contributed by atoms with Crippen molar-refractivity contribution in [2.75, 3.05) is 0 Å². The van der Waals surface area contributed by atoms with Gasteiger partial charge in [-0.2, -0.15) is 11.1 Å². The van der Waals surface area contributed by atoms with Crippen molar-refractivity contribution in [3.8, 4) is 0 Å². The van der Waals surface area contributed by atoms with Gasteiger partial charge in [0, 0.05) is 0 Å². The molecule has 0 amide bonds. The molecule has 0 spiro atoms. The molecule has 0 N–H and O–H groups in total. The Labute approximate surface area is 148 Å². The van der Waals surface area contributed by atoms with Crippen molar-refractivity contribution in [1.82, 2.24) is 0 Å². The largest absolute Gasteiger partial charge is 0.172 e. The zero-order valence-corrected chi connectivity index (χ0v) is 17.6. The molecule has 0 aliphatic rings. The minimum absolute atomic E-state index is 0.870. The van der Waals surface area contributed by atoms with E-state index in [4.69, 9.17) is 11.1 Å². The molecule has 0 rings (SSSR count). The number of halogens is 1. The molecule has 0 radical (unpaired) electrons. The van der Waals surface area contributed by atoms with E-state index in [0.717, 1.165) is 0 Å². The molecule has 0 aromatic heterocycles. The first-order chi connectivity index (χ1) is 10.8. The van der Waals surface area contributed by atoms with Crippen LogP contribution < -0.4 is 0 Å². The highest BCUT2D eigenvalue weighted by Gasteiger charge is 2.06. The maximum absolute atomic E-state index is 6.58. The van der Waals surface area contributed by atoms with Crippen molar-refractivity contribution in [2.45, 2.75) is 129 Å². The zero-order valence-electron chi connectivity index (χ0n) is 15.7. The van der Waals surface area contributed by atoms with Gasteiger partial charge in [-0.25, -0.2) is 0 Å². The normalized spacial score (nSPS) is 11.5. The molecule has 0 saturated heterocycles. The van der Waals surface area contributed by atoms with Crippen LogP contribution in [0, 0.1) is 0 Å². The fraction of sp³-hybridized carbons (Fsp3) is 1.00. The summed E-state index contributed by atoms with van der Waals surface area (Å²) < 4.78 is 0. The van der Waals surface area contributed by atoms with E-state index >= 15 is 0 Å². The maximum Gasteiger partial charge on any atom is 0.141 e. The Bertz CT molecular complexity index is 176. The first-order valence-corrected chi connectivity index (χ1v) is 13.8. The van der Waals surface area contributed by atoms with Crippen molar-refractivity contribution in [2.24, 2.45) is 0 Å². The average Bonchev–Trinajstić information content (AvgIpc) is 2.52. The average molecular weight is 347 g/mol. The fourth-order valence-corrected chi connectivity index (χ4v) is 5.82. The van der Waals surface area contributed by atoms with Gasteiger partial charge in [-0.15, -0.1) is 0 Å². The van der Waals surface area contributed by atoms with Gasteiger partial charge >= 0.3 is 0 Å². The standard InChI is InChI=1S/C20H43ClSi/c1-3-5-7-9-11-13-15-17-19-22(21)20-18-16-14-12-10-8-6-4-2/h22H,3-20H2,1-2H3.